The van der Waals surface area contributed by atoms with Crippen LogP contribution in [0.2, 0.25) is 10.0 Å². The molecule has 0 aromatic heterocycles. The number of hydrogen-bond donors (Lipinski definition) is 2. The van der Waals surface area contributed by atoms with Gasteiger partial charge >= 0.3 is 5.97 Å². The Morgan fingerprint density at radius 1 is 1.14 bits per heavy atom. The highest BCUT2D eigenvalue weighted by Gasteiger charge is 2.22. The number of hydrogen-bond acceptors (Lipinski definition) is 2. The van der Waals surface area contributed by atoms with E-state index in [0.29, 0.717) is 15.6 Å². The van der Waals surface area contributed by atoms with Gasteiger partial charge < -0.3 is 5.11 Å². The van der Waals surface area contributed by atoms with E-state index in [1.807, 2.05) is 25.1 Å². The Balaban J connectivity index is 2.23. The van der Waals surface area contributed by atoms with Crippen LogP contribution in [0.3, 0.4) is 0 Å². The molecule has 2 aromatic carbocycles. The molecular weight excluding hydrogens is 309 g/mol. The third-order valence-electron chi connectivity index (χ3n) is 3.23. The summed E-state index contributed by atoms with van der Waals surface area (Å²) in [6.45, 7) is 1.87. The van der Waals surface area contributed by atoms with Crippen LogP contribution in [-0.2, 0) is 4.79 Å². The summed E-state index contributed by atoms with van der Waals surface area (Å²) in [4.78, 5) is 11.5. The van der Waals surface area contributed by atoms with Crippen molar-refractivity contribution in [2.45, 2.75) is 19.0 Å². The summed E-state index contributed by atoms with van der Waals surface area (Å²) in [5, 5.41) is 13.6. The first-order chi connectivity index (χ1) is 9.99. The highest BCUT2D eigenvalue weighted by atomic mass is 35.5. The van der Waals surface area contributed by atoms with Crippen LogP contribution in [0.5, 0.6) is 0 Å². The summed E-state index contributed by atoms with van der Waals surface area (Å²) in [6.07, 6.45) is 0. The fourth-order valence-electron chi connectivity index (χ4n) is 2.15. The zero-order valence-corrected chi connectivity index (χ0v) is 12.9. The molecule has 3 nitrogen and oxygen atoms in total. The normalized spacial score (nSPS) is 13.7. The molecule has 0 bridgehead atoms. The Kier molecular flexibility index (Phi) is 5.23. The van der Waals surface area contributed by atoms with Gasteiger partial charge in [-0.05, 0) is 30.2 Å². The van der Waals surface area contributed by atoms with E-state index < -0.39 is 12.0 Å². The zero-order chi connectivity index (χ0) is 15.4. The molecule has 0 amide bonds. The second kappa shape index (κ2) is 6.94. The summed E-state index contributed by atoms with van der Waals surface area (Å²) >= 11 is 12.0. The molecule has 2 aromatic rings. The molecule has 0 aliphatic heterocycles. The van der Waals surface area contributed by atoms with E-state index in [0.717, 1.165) is 5.56 Å². The zero-order valence-electron chi connectivity index (χ0n) is 11.4. The number of carbonyl (C=O) groups is 1. The average Bonchev–Trinajstić information content (AvgIpc) is 2.45. The molecule has 0 saturated heterocycles. The minimum absolute atomic E-state index is 0.226. The van der Waals surface area contributed by atoms with E-state index >= 15 is 0 Å². The van der Waals surface area contributed by atoms with Gasteiger partial charge in [0.05, 0.1) is 0 Å². The molecule has 0 spiro atoms. The Bertz CT molecular complexity index is 631. The Morgan fingerprint density at radius 3 is 2.38 bits per heavy atom. The molecule has 0 aliphatic rings. The minimum atomic E-state index is -0.932. The Morgan fingerprint density at radius 2 is 1.81 bits per heavy atom. The van der Waals surface area contributed by atoms with Gasteiger partial charge in [-0.25, -0.2) is 0 Å². The van der Waals surface area contributed by atoms with Gasteiger partial charge in [0.15, 0.2) is 0 Å². The fourth-order valence-corrected chi connectivity index (χ4v) is 2.72. The van der Waals surface area contributed by atoms with Gasteiger partial charge in [0.2, 0.25) is 0 Å². The maximum atomic E-state index is 11.5. The first-order valence-corrected chi connectivity index (χ1v) is 7.23. The van der Waals surface area contributed by atoms with Crippen LogP contribution in [0.1, 0.15) is 30.1 Å². The van der Waals surface area contributed by atoms with E-state index in [9.17, 15) is 9.90 Å². The predicted molar refractivity (Wildman–Crippen MR) is 84.8 cm³/mol. The van der Waals surface area contributed by atoms with Crippen LogP contribution in [-0.4, -0.2) is 11.1 Å². The number of halogens is 2. The van der Waals surface area contributed by atoms with Crippen molar-refractivity contribution in [3.05, 3.63) is 69.7 Å². The van der Waals surface area contributed by atoms with Crippen LogP contribution in [0.15, 0.2) is 48.5 Å². The minimum Gasteiger partial charge on any atom is -0.480 e. The summed E-state index contributed by atoms with van der Waals surface area (Å²) in [7, 11) is 0. The van der Waals surface area contributed by atoms with E-state index in [1.54, 1.807) is 30.3 Å². The molecule has 0 aliphatic carbocycles. The smallest absolute Gasteiger partial charge is 0.325 e. The van der Waals surface area contributed by atoms with E-state index in [4.69, 9.17) is 23.2 Å². The van der Waals surface area contributed by atoms with Crippen LogP contribution < -0.4 is 5.32 Å². The quantitative estimate of drug-likeness (QED) is 0.853. The van der Waals surface area contributed by atoms with Crippen molar-refractivity contribution in [2.24, 2.45) is 0 Å². The predicted octanol–water partition coefficient (Wildman–Crippen LogP) is 4.47. The first-order valence-electron chi connectivity index (χ1n) is 6.48. The van der Waals surface area contributed by atoms with Crippen LogP contribution in [0.25, 0.3) is 0 Å². The van der Waals surface area contributed by atoms with Crippen molar-refractivity contribution in [2.75, 3.05) is 0 Å². The molecule has 2 rings (SSSR count). The standard InChI is InChI=1S/C16H15Cl2NO2/c1-10(13-8-7-12(17)9-14(13)18)19-15(16(20)21)11-5-3-2-4-6-11/h2-10,15,19H,1H3,(H,20,21). The molecular formula is C16H15Cl2NO2. The van der Waals surface area contributed by atoms with Gasteiger partial charge in [-0.1, -0.05) is 59.6 Å². The van der Waals surface area contributed by atoms with E-state index in [-0.39, 0.29) is 6.04 Å². The lowest BCUT2D eigenvalue weighted by Crippen LogP contribution is -2.30. The number of nitrogens with one attached hydrogen (secondary N) is 1. The van der Waals surface area contributed by atoms with Crippen molar-refractivity contribution in [3.8, 4) is 0 Å². The van der Waals surface area contributed by atoms with Gasteiger partial charge in [0, 0.05) is 16.1 Å². The molecule has 2 N–H and O–H groups in total. The second-order valence-corrected chi connectivity index (χ2v) is 5.58. The average molecular weight is 324 g/mol. The third-order valence-corrected chi connectivity index (χ3v) is 3.79. The summed E-state index contributed by atoms with van der Waals surface area (Å²) in [5.41, 5.74) is 1.50. The van der Waals surface area contributed by atoms with Crippen LogP contribution >= 0.6 is 23.2 Å². The molecule has 0 fully saturated rings. The summed E-state index contributed by atoms with van der Waals surface area (Å²) in [6, 6.07) is 13.2. The maximum absolute atomic E-state index is 11.5. The van der Waals surface area contributed by atoms with Crippen molar-refractivity contribution in [3.63, 3.8) is 0 Å². The van der Waals surface area contributed by atoms with Gasteiger partial charge in [-0.2, -0.15) is 0 Å². The van der Waals surface area contributed by atoms with Crippen molar-refractivity contribution < 1.29 is 9.90 Å². The molecule has 0 saturated carbocycles. The Labute approximate surface area is 133 Å². The molecule has 21 heavy (non-hydrogen) atoms. The lowest BCUT2D eigenvalue weighted by Gasteiger charge is -2.21. The number of rotatable bonds is 5. The highest BCUT2D eigenvalue weighted by Crippen LogP contribution is 2.28. The topological polar surface area (TPSA) is 49.3 Å². The van der Waals surface area contributed by atoms with Crippen LogP contribution in [0, 0.1) is 0 Å². The van der Waals surface area contributed by atoms with Gasteiger partial charge in [0.1, 0.15) is 6.04 Å². The molecule has 0 heterocycles. The van der Waals surface area contributed by atoms with E-state index in [2.05, 4.69) is 5.32 Å². The third kappa shape index (κ3) is 3.97. The number of carboxylic acid groups (broad SMARTS) is 1. The summed E-state index contributed by atoms with van der Waals surface area (Å²) in [5.74, 6) is -0.932. The highest BCUT2D eigenvalue weighted by molar-refractivity contribution is 6.35. The van der Waals surface area contributed by atoms with Crippen LogP contribution in [0.4, 0.5) is 0 Å². The monoisotopic (exact) mass is 323 g/mol. The molecule has 2 unspecified atom stereocenters. The van der Waals surface area contributed by atoms with Crippen molar-refractivity contribution >= 4 is 29.2 Å². The SMILES string of the molecule is CC(NC(C(=O)O)c1ccccc1)c1ccc(Cl)cc1Cl. The Hall–Kier alpha value is -1.55. The molecule has 5 heteroatoms. The molecule has 110 valence electrons. The second-order valence-electron chi connectivity index (χ2n) is 4.74. The lowest BCUT2D eigenvalue weighted by atomic mass is 10.0. The number of carboxylic acids is 1. The molecule has 2 atom stereocenters. The van der Waals surface area contributed by atoms with Crippen molar-refractivity contribution in [1.29, 1.82) is 0 Å². The largest absolute Gasteiger partial charge is 0.480 e. The first kappa shape index (κ1) is 15.8. The number of benzene rings is 2. The fraction of sp³-hybridized carbons (Fsp3) is 0.188. The maximum Gasteiger partial charge on any atom is 0.325 e. The lowest BCUT2D eigenvalue weighted by molar-refractivity contribution is -0.139. The van der Waals surface area contributed by atoms with Gasteiger partial charge in [0.25, 0.3) is 0 Å². The summed E-state index contributed by atoms with van der Waals surface area (Å²) < 4.78 is 0. The van der Waals surface area contributed by atoms with E-state index in [1.165, 1.54) is 0 Å². The number of aliphatic carboxylic acids is 1. The van der Waals surface area contributed by atoms with Gasteiger partial charge in [-0.15, -0.1) is 0 Å². The van der Waals surface area contributed by atoms with Gasteiger partial charge in [-0.3, -0.25) is 10.1 Å². The molecule has 0 radical (unpaired) electrons. The van der Waals surface area contributed by atoms with Crippen molar-refractivity contribution in [1.82, 2.24) is 5.32 Å².